The van der Waals surface area contributed by atoms with Gasteiger partial charge in [-0.05, 0) is 148 Å². The van der Waals surface area contributed by atoms with Gasteiger partial charge in [-0.3, -0.25) is 33.6 Å². The van der Waals surface area contributed by atoms with Crippen LogP contribution in [0.3, 0.4) is 0 Å². The number of hydrogen-bond donors (Lipinski definition) is 5. The van der Waals surface area contributed by atoms with Crippen LogP contribution < -0.4 is 31.3 Å². The standard InChI is InChI=1S/C65H82N6O8/c1-8-40(2)60(74)70-56(59(73)51-23-13-14-24-52(51)62(76)68-54-25-15-19-44-17-9-11-21-49(44)54)35-42-29-33-48(34-30-42)79-39-43-27-31-46(32-28-43)61(75)67-47-36-57(63(77)69-55-26-16-20-45-18-10-12-22-50(45)55)71(38-47)64(78)53(65(4,5)6)37-58(72)41(3)66-7/h9-14,17-18,21-22,27-34,40-41,47,51-57,66H,8,15-16,19-20,23-26,35-39H2,1-7H3,(H,67,75)(H,68,76)(H,69,77)(H,70,74)/t40-,41+,47+,51?,52+,53-,54?,55-,56?,57?/m1/s1. The molecule has 4 unspecified atom stereocenters. The van der Waals surface area contributed by atoms with Crippen molar-refractivity contribution >= 4 is 41.1 Å². The maximum atomic E-state index is 14.7. The molecule has 1 fully saturated rings. The number of ether oxygens (including phenoxy) is 1. The number of rotatable bonds is 21. The number of hydrogen-bond acceptors (Lipinski definition) is 9. The minimum absolute atomic E-state index is 0.0191. The fourth-order valence-electron chi connectivity index (χ4n) is 11.8. The lowest BCUT2D eigenvalue weighted by Gasteiger charge is -2.36. The number of allylic oxidation sites excluding steroid dienone is 2. The van der Waals surface area contributed by atoms with Crippen LogP contribution in [0.5, 0.6) is 5.75 Å². The number of benzene rings is 4. The molecule has 14 nitrogen and oxygen atoms in total. The Labute approximate surface area is 467 Å². The molecule has 1 aliphatic heterocycles. The average Bonchev–Trinajstić information content (AvgIpc) is 4.06. The topological polar surface area (TPSA) is 192 Å². The van der Waals surface area contributed by atoms with Gasteiger partial charge in [0.05, 0.1) is 30.1 Å². The van der Waals surface area contributed by atoms with E-state index in [0.717, 1.165) is 60.8 Å². The summed E-state index contributed by atoms with van der Waals surface area (Å²) in [7, 11) is 1.71. The fraction of sp³-hybridized carbons (Fsp3) is 0.492. The van der Waals surface area contributed by atoms with Gasteiger partial charge < -0.3 is 36.2 Å². The van der Waals surface area contributed by atoms with Gasteiger partial charge >= 0.3 is 0 Å². The maximum Gasteiger partial charge on any atom is 0.251 e. The third-order valence-corrected chi connectivity index (χ3v) is 17.1. The normalized spacial score (nSPS) is 22.2. The predicted octanol–water partition coefficient (Wildman–Crippen LogP) is 8.81. The van der Waals surface area contributed by atoms with Crippen molar-refractivity contribution in [3.8, 4) is 5.75 Å². The van der Waals surface area contributed by atoms with Crippen LogP contribution in [0, 0.1) is 29.1 Å². The number of amides is 5. The number of nitrogens with one attached hydrogen (secondary N) is 5. The van der Waals surface area contributed by atoms with E-state index < -0.39 is 47.3 Å². The number of likely N-dealkylation sites (N-methyl/N-ethyl adjacent to an activating group) is 1. The summed E-state index contributed by atoms with van der Waals surface area (Å²) >= 11 is 0. The number of carbonyl (C=O) groups is 7. The molecule has 5 N–H and O–H groups in total. The molecule has 1 saturated heterocycles. The number of aryl methyl sites for hydroxylation is 2. The van der Waals surface area contributed by atoms with Crippen molar-refractivity contribution in [3.05, 3.63) is 148 Å². The van der Waals surface area contributed by atoms with Gasteiger partial charge in [0, 0.05) is 42.3 Å². The molecule has 4 aromatic rings. The average molecular weight is 1080 g/mol. The third-order valence-electron chi connectivity index (χ3n) is 17.1. The van der Waals surface area contributed by atoms with Crippen LogP contribution in [0.4, 0.5) is 0 Å². The summed E-state index contributed by atoms with van der Waals surface area (Å²) in [6.45, 7) is 11.7. The van der Waals surface area contributed by atoms with Crippen molar-refractivity contribution in [1.82, 2.24) is 31.5 Å². The third kappa shape index (κ3) is 14.5. The summed E-state index contributed by atoms with van der Waals surface area (Å²) in [5, 5.41) is 15.7. The van der Waals surface area contributed by atoms with Crippen molar-refractivity contribution in [2.75, 3.05) is 13.6 Å². The quantitative estimate of drug-likeness (QED) is 0.0508. The monoisotopic (exact) mass is 1070 g/mol. The molecule has 10 atom stereocenters. The Morgan fingerprint density at radius 2 is 1.29 bits per heavy atom. The minimum Gasteiger partial charge on any atom is -0.489 e. The molecule has 0 saturated carbocycles. The Bertz CT molecular complexity index is 2860. The maximum absolute atomic E-state index is 14.7. The Hall–Kier alpha value is -6.93. The van der Waals surface area contributed by atoms with Gasteiger partial charge in [-0.25, -0.2) is 0 Å². The molecule has 14 heteroatoms. The lowest BCUT2D eigenvalue weighted by molar-refractivity contribution is -0.146. The Morgan fingerprint density at radius 1 is 0.709 bits per heavy atom. The van der Waals surface area contributed by atoms with Crippen LogP contribution in [0.2, 0.25) is 0 Å². The van der Waals surface area contributed by atoms with E-state index in [1.807, 2.05) is 114 Å². The molecule has 420 valence electrons. The van der Waals surface area contributed by atoms with E-state index in [-0.39, 0.29) is 91.5 Å². The molecule has 4 aliphatic rings. The van der Waals surface area contributed by atoms with Crippen LogP contribution in [0.15, 0.2) is 109 Å². The minimum atomic E-state index is -0.848. The summed E-state index contributed by atoms with van der Waals surface area (Å²) in [5.74, 6) is -2.98. The molecule has 0 aromatic heterocycles. The first-order chi connectivity index (χ1) is 37.9. The van der Waals surface area contributed by atoms with Crippen molar-refractivity contribution in [2.45, 2.75) is 161 Å². The number of Topliss-reactive ketones (excluding diaryl/α,β-unsaturated/α-hetero) is 2. The highest BCUT2D eigenvalue weighted by atomic mass is 16.5. The van der Waals surface area contributed by atoms with E-state index in [4.69, 9.17) is 4.74 Å². The molecule has 1 heterocycles. The van der Waals surface area contributed by atoms with Crippen LogP contribution in [-0.2, 0) is 54.6 Å². The zero-order valence-electron chi connectivity index (χ0n) is 47.3. The number of carbonyl (C=O) groups excluding carboxylic acids is 7. The molecule has 0 radical (unpaired) electrons. The number of likely N-dealkylation sites (tertiary alicyclic amines) is 1. The number of nitrogens with zero attached hydrogens (tertiary/aromatic N) is 1. The molecule has 79 heavy (non-hydrogen) atoms. The lowest BCUT2D eigenvalue weighted by atomic mass is 9.76. The molecular formula is C65H82N6O8. The number of ketones is 2. The van der Waals surface area contributed by atoms with Gasteiger partial charge in [-0.1, -0.05) is 120 Å². The van der Waals surface area contributed by atoms with Crippen LogP contribution >= 0.6 is 0 Å². The highest BCUT2D eigenvalue weighted by molar-refractivity contribution is 5.97. The molecule has 0 spiro atoms. The van der Waals surface area contributed by atoms with E-state index in [0.29, 0.717) is 30.6 Å². The van der Waals surface area contributed by atoms with Gasteiger partial charge in [0.1, 0.15) is 24.2 Å². The Kier molecular flexibility index (Phi) is 19.4. The van der Waals surface area contributed by atoms with Gasteiger partial charge in [0.15, 0.2) is 5.78 Å². The van der Waals surface area contributed by atoms with Gasteiger partial charge in [-0.15, -0.1) is 0 Å². The van der Waals surface area contributed by atoms with Crippen LogP contribution in [-0.4, -0.2) is 83.8 Å². The highest BCUT2D eigenvalue weighted by Crippen LogP contribution is 2.37. The van der Waals surface area contributed by atoms with E-state index >= 15 is 0 Å². The molecular weight excluding hydrogens is 993 g/mol. The Balaban J connectivity index is 0.893. The van der Waals surface area contributed by atoms with Gasteiger partial charge in [-0.2, -0.15) is 0 Å². The lowest BCUT2D eigenvalue weighted by Crippen LogP contribution is -2.51. The fourth-order valence-corrected chi connectivity index (χ4v) is 11.8. The van der Waals surface area contributed by atoms with Gasteiger partial charge in [0.2, 0.25) is 23.6 Å². The Morgan fingerprint density at radius 3 is 1.89 bits per heavy atom. The molecule has 0 bridgehead atoms. The summed E-state index contributed by atoms with van der Waals surface area (Å²) in [4.78, 5) is 99.8. The summed E-state index contributed by atoms with van der Waals surface area (Å²) in [6.07, 6.45) is 11.4. The van der Waals surface area contributed by atoms with Gasteiger partial charge in [0.25, 0.3) is 5.91 Å². The molecule has 5 amide bonds. The van der Waals surface area contributed by atoms with Crippen molar-refractivity contribution < 1.29 is 38.3 Å². The second kappa shape index (κ2) is 26.4. The number of fused-ring (bicyclic) bond motifs is 2. The second-order valence-electron chi connectivity index (χ2n) is 23.6. The van der Waals surface area contributed by atoms with E-state index in [2.05, 4.69) is 44.8 Å². The molecule has 8 rings (SSSR count). The van der Waals surface area contributed by atoms with Crippen LogP contribution in [0.1, 0.15) is 155 Å². The van der Waals surface area contributed by atoms with Crippen LogP contribution in [0.25, 0.3) is 0 Å². The summed E-state index contributed by atoms with van der Waals surface area (Å²) in [6, 6.07) is 27.9. The van der Waals surface area contributed by atoms with E-state index in [9.17, 15) is 33.6 Å². The van der Waals surface area contributed by atoms with Crippen molar-refractivity contribution in [2.24, 2.45) is 29.1 Å². The predicted molar refractivity (Wildman–Crippen MR) is 306 cm³/mol. The first-order valence-corrected chi connectivity index (χ1v) is 28.8. The zero-order chi connectivity index (χ0) is 56.4. The summed E-state index contributed by atoms with van der Waals surface area (Å²) < 4.78 is 6.18. The van der Waals surface area contributed by atoms with Crippen molar-refractivity contribution in [3.63, 3.8) is 0 Å². The smallest absolute Gasteiger partial charge is 0.251 e. The molecule has 4 aromatic carbocycles. The van der Waals surface area contributed by atoms with E-state index in [1.54, 1.807) is 31.0 Å². The van der Waals surface area contributed by atoms with E-state index in [1.165, 1.54) is 11.1 Å². The highest BCUT2D eigenvalue weighted by Gasteiger charge is 2.46. The second-order valence-corrected chi connectivity index (χ2v) is 23.6. The zero-order valence-corrected chi connectivity index (χ0v) is 47.3. The van der Waals surface area contributed by atoms with Crippen molar-refractivity contribution in [1.29, 1.82) is 0 Å². The SMILES string of the molecule is CC[C@@H](C)C(=O)NC(Cc1ccc(OCc2ccc(C(=O)N[C@H]3CC(C(=O)N[C@@H]4CCCc5ccccc54)N(C(=O)[C@@H](CC(=O)[C@H](C)NC)C(C)(C)C)C3)cc2)cc1)C(=O)C1CC=CC[C@@H]1C(=O)NC1CCCc2ccccc21. The molecule has 3 aliphatic carbocycles. The first-order valence-electron chi connectivity index (χ1n) is 28.8. The first kappa shape index (κ1) is 58.2. The largest absolute Gasteiger partial charge is 0.489 e. The summed E-state index contributed by atoms with van der Waals surface area (Å²) in [5.41, 5.74) is 6.15.